The number of pyridine rings is 1. The maximum atomic E-state index is 10.8. The third kappa shape index (κ3) is 0.914. The SMILES string of the molecule is O=c1cc(O)c2ccsc2[nH]1. The number of hydrogen-bond acceptors (Lipinski definition) is 3. The number of aromatic nitrogens is 1. The summed E-state index contributed by atoms with van der Waals surface area (Å²) in [6.07, 6.45) is 0. The van der Waals surface area contributed by atoms with Gasteiger partial charge < -0.3 is 10.1 Å². The molecule has 0 fully saturated rings. The average molecular weight is 167 g/mol. The van der Waals surface area contributed by atoms with Crippen molar-refractivity contribution in [1.82, 2.24) is 4.98 Å². The molecule has 2 heterocycles. The van der Waals surface area contributed by atoms with Crippen molar-refractivity contribution in [3.05, 3.63) is 27.9 Å². The Morgan fingerprint density at radius 2 is 2.36 bits per heavy atom. The van der Waals surface area contributed by atoms with E-state index in [0.717, 1.165) is 4.83 Å². The van der Waals surface area contributed by atoms with Gasteiger partial charge in [-0.1, -0.05) is 0 Å². The fourth-order valence-electron chi connectivity index (χ4n) is 0.958. The minimum Gasteiger partial charge on any atom is -0.507 e. The fourth-order valence-corrected chi connectivity index (χ4v) is 1.76. The van der Waals surface area contributed by atoms with E-state index >= 15 is 0 Å². The first-order valence-corrected chi connectivity index (χ1v) is 3.95. The standard InChI is InChI=1S/C7H5NO2S/c9-5-3-6(10)8-7-4(5)1-2-11-7/h1-3H,(H2,8,9,10). The summed E-state index contributed by atoms with van der Waals surface area (Å²) >= 11 is 1.40. The third-order valence-corrected chi connectivity index (χ3v) is 2.28. The molecule has 56 valence electrons. The molecule has 0 unspecified atom stereocenters. The highest BCUT2D eigenvalue weighted by Crippen LogP contribution is 2.24. The predicted octanol–water partition coefficient (Wildman–Crippen LogP) is 1.30. The lowest BCUT2D eigenvalue weighted by Gasteiger charge is -1.91. The van der Waals surface area contributed by atoms with Crippen LogP contribution in [0.4, 0.5) is 0 Å². The number of nitrogens with one attached hydrogen (secondary N) is 1. The highest BCUT2D eigenvalue weighted by molar-refractivity contribution is 7.16. The van der Waals surface area contributed by atoms with Crippen molar-refractivity contribution in [3.8, 4) is 5.75 Å². The van der Waals surface area contributed by atoms with E-state index in [2.05, 4.69) is 4.98 Å². The van der Waals surface area contributed by atoms with Gasteiger partial charge >= 0.3 is 0 Å². The van der Waals surface area contributed by atoms with Gasteiger partial charge in [-0.05, 0) is 11.4 Å². The summed E-state index contributed by atoms with van der Waals surface area (Å²) in [6.45, 7) is 0. The van der Waals surface area contributed by atoms with Crippen LogP contribution in [-0.4, -0.2) is 10.1 Å². The van der Waals surface area contributed by atoms with Crippen LogP contribution in [0.3, 0.4) is 0 Å². The van der Waals surface area contributed by atoms with E-state index in [4.69, 9.17) is 0 Å². The van der Waals surface area contributed by atoms with Gasteiger partial charge in [0, 0.05) is 6.07 Å². The molecule has 2 N–H and O–H groups in total. The van der Waals surface area contributed by atoms with Crippen molar-refractivity contribution < 1.29 is 5.11 Å². The van der Waals surface area contributed by atoms with E-state index in [1.165, 1.54) is 17.4 Å². The minimum atomic E-state index is -0.266. The Balaban J connectivity index is 3.02. The predicted molar refractivity (Wildman–Crippen MR) is 44.1 cm³/mol. The molecule has 0 spiro atoms. The highest BCUT2D eigenvalue weighted by atomic mass is 32.1. The summed E-state index contributed by atoms with van der Waals surface area (Å²) in [6, 6.07) is 2.94. The van der Waals surface area contributed by atoms with Crippen LogP contribution in [0.25, 0.3) is 10.2 Å². The zero-order chi connectivity index (χ0) is 7.84. The van der Waals surface area contributed by atoms with Crippen LogP contribution in [0.5, 0.6) is 5.75 Å². The van der Waals surface area contributed by atoms with Crippen LogP contribution in [0.2, 0.25) is 0 Å². The normalized spacial score (nSPS) is 10.5. The Kier molecular flexibility index (Phi) is 1.22. The first kappa shape index (κ1) is 6.42. The fraction of sp³-hybridized carbons (Fsp3) is 0. The van der Waals surface area contributed by atoms with Crippen molar-refractivity contribution in [2.24, 2.45) is 0 Å². The molecule has 0 saturated carbocycles. The number of hydrogen-bond donors (Lipinski definition) is 2. The topological polar surface area (TPSA) is 53.1 Å². The Morgan fingerprint density at radius 1 is 1.55 bits per heavy atom. The van der Waals surface area contributed by atoms with Crippen LogP contribution in [0.15, 0.2) is 22.3 Å². The number of thiophene rings is 1. The molecule has 2 rings (SSSR count). The monoisotopic (exact) mass is 167 g/mol. The molecule has 0 saturated heterocycles. The number of rotatable bonds is 0. The zero-order valence-corrected chi connectivity index (χ0v) is 6.31. The third-order valence-electron chi connectivity index (χ3n) is 1.45. The lowest BCUT2D eigenvalue weighted by Crippen LogP contribution is -2.00. The van der Waals surface area contributed by atoms with Crippen LogP contribution < -0.4 is 5.56 Å². The van der Waals surface area contributed by atoms with Gasteiger partial charge in [-0.25, -0.2) is 0 Å². The number of fused-ring (bicyclic) bond motifs is 1. The summed E-state index contributed by atoms with van der Waals surface area (Å²) < 4.78 is 0. The second kappa shape index (κ2) is 2.10. The summed E-state index contributed by atoms with van der Waals surface area (Å²) in [4.78, 5) is 14.1. The van der Waals surface area contributed by atoms with Crippen molar-refractivity contribution >= 4 is 21.6 Å². The van der Waals surface area contributed by atoms with Crippen molar-refractivity contribution in [3.63, 3.8) is 0 Å². The number of H-pyrrole nitrogens is 1. The van der Waals surface area contributed by atoms with E-state index in [1.54, 1.807) is 6.07 Å². The van der Waals surface area contributed by atoms with Crippen molar-refractivity contribution in [2.75, 3.05) is 0 Å². The van der Waals surface area contributed by atoms with Crippen molar-refractivity contribution in [2.45, 2.75) is 0 Å². The van der Waals surface area contributed by atoms with Gasteiger partial charge in [0.1, 0.15) is 10.6 Å². The molecule has 0 radical (unpaired) electrons. The molecule has 0 atom stereocenters. The van der Waals surface area contributed by atoms with Crippen LogP contribution >= 0.6 is 11.3 Å². The molecule has 0 aliphatic carbocycles. The summed E-state index contributed by atoms with van der Waals surface area (Å²) in [5.41, 5.74) is -0.266. The van der Waals surface area contributed by atoms with Gasteiger partial charge in [0.05, 0.1) is 5.39 Å². The van der Waals surface area contributed by atoms with E-state index in [0.29, 0.717) is 5.39 Å². The smallest absolute Gasteiger partial charge is 0.252 e. The molecule has 0 amide bonds. The quantitative estimate of drug-likeness (QED) is 0.621. The largest absolute Gasteiger partial charge is 0.507 e. The first-order chi connectivity index (χ1) is 5.27. The maximum absolute atomic E-state index is 10.8. The molecular formula is C7H5NO2S. The van der Waals surface area contributed by atoms with Gasteiger partial charge in [0.15, 0.2) is 0 Å². The van der Waals surface area contributed by atoms with Gasteiger partial charge in [-0.15, -0.1) is 11.3 Å². The number of aromatic amines is 1. The molecule has 11 heavy (non-hydrogen) atoms. The number of aromatic hydroxyl groups is 1. The molecule has 3 nitrogen and oxygen atoms in total. The molecule has 2 aromatic heterocycles. The van der Waals surface area contributed by atoms with Gasteiger partial charge in [0.25, 0.3) is 5.56 Å². The molecule has 0 aromatic carbocycles. The molecule has 0 aliphatic rings. The van der Waals surface area contributed by atoms with E-state index < -0.39 is 0 Å². The van der Waals surface area contributed by atoms with Gasteiger partial charge in [0.2, 0.25) is 0 Å². The second-order valence-corrected chi connectivity index (χ2v) is 3.10. The Labute approximate surface area is 65.9 Å². The van der Waals surface area contributed by atoms with E-state index in [9.17, 15) is 9.90 Å². The molecular weight excluding hydrogens is 162 g/mol. The second-order valence-electron chi connectivity index (χ2n) is 2.18. The van der Waals surface area contributed by atoms with E-state index in [1.807, 2.05) is 5.38 Å². The van der Waals surface area contributed by atoms with Gasteiger partial charge in [-0.2, -0.15) is 0 Å². The summed E-state index contributed by atoms with van der Waals surface area (Å²) in [5, 5.41) is 11.8. The first-order valence-electron chi connectivity index (χ1n) is 3.07. The molecule has 0 bridgehead atoms. The highest BCUT2D eigenvalue weighted by Gasteiger charge is 2.00. The Morgan fingerprint density at radius 3 is 3.18 bits per heavy atom. The lowest BCUT2D eigenvalue weighted by atomic mass is 10.3. The average Bonchev–Trinajstić information content (AvgIpc) is 2.34. The minimum absolute atomic E-state index is 0.0463. The molecule has 0 aliphatic heterocycles. The Hall–Kier alpha value is -1.29. The maximum Gasteiger partial charge on any atom is 0.252 e. The lowest BCUT2D eigenvalue weighted by molar-refractivity contribution is 0.480. The van der Waals surface area contributed by atoms with Crippen molar-refractivity contribution in [1.29, 1.82) is 0 Å². The van der Waals surface area contributed by atoms with Crippen LogP contribution in [-0.2, 0) is 0 Å². The van der Waals surface area contributed by atoms with Crippen LogP contribution in [0.1, 0.15) is 0 Å². The van der Waals surface area contributed by atoms with Crippen LogP contribution in [0, 0.1) is 0 Å². The van der Waals surface area contributed by atoms with Gasteiger partial charge in [-0.3, -0.25) is 4.79 Å². The molecule has 4 heteroatoms. The summed E-state index contributed by atoms with van der Waals surface area (Å²) in [5.74, 6) is 0.0463. The van der Waals surface area contributed by atoms with E-state index in [-0.39, 0.29) is 11.3 Å². The molecule has 2 aromatic rings. The summed E-state index contributed by atoms with van der Waals surface area (Å²) in [7, 11) is 0. The Bertz CT molecular complexity index is 443. The zero-order valence-electron chi connectivity index (χ0n) is 5.50.